The highest BCUT2D eigenvalue weighted by Gasteiger charge is 2.15. The molecule has 1 N–H and O–H groups in total. The molecule has 1 amide bonds. The first-order valence-corrected chi connectivity index (χ1v) is 6.76. The quantitative estimate of drug-likeness (QED) is 0.683. The average Bonchev–Trinajstić information content (AvgIpc) is 2.37. The highest BCUT2D eigenvalue weighted by atomic mass is 16.5. The van der Waals surface area contributed by atoms with Gasteiger partial charge in [0.05, 0.1) is 13.0 Å². The molecule has 0 unspecified atom stereocenters. The Morgan fingerprint density at radius 1 is 1.41 bits per heavy atom. The van der Waals surface area contributed by atoms with Crippen LogP contribution in [0.4, 0.5) is 0 Å². The fourth-order valence-electron chi connectivity index (χ4n) is 2.17. The molecule has 1 fully saturated rings. The fraction of sp³-hybridized carbons (Fsp3) is 0.923. The lowest BCUT2D eigenvalue weighted by Gasteiger charge is -2.25. The summed E-state index contributed by atoms with van der Waals surface area (Å²) in [6.07, 6.45) is 4.15. The summed E-state index contributed by atoms with van der Waals surface area (Å²) in [6, 6.07) is 0. The summed E-state index contributed by atoms with van der Waals surface area (Å²) in [5.74, 6) is 0.991. The van der Waals surface area contributed by atoms with Crippen LogP contribution in [0.1, 0.15) is 32.6 Å². The molecule has 4 nitrogen and oxygen atoms in total. The molecule has 0 atom stereocenters. The first-order chi connectivity index (χ1) is 8.24. The van der Waals surface area contributed by atoms with Gasteiger partial charge in [-0.3, -0.25) is 4.79 Å². The van der Waals surface area contributed by atoms with E-state index in [4.69, 9.17) is 4.74 Å². The van der Waals surface area contributed by atoms with Crippen molar-refractivity contribution in [3.8, 4) is 0 Å². The zero-order chi connectivity index (χ0) is 12.5. The zero-order valence-electron chi connectivity index (χ0n) is 11.2. The minimum Gasteiger partial charge on any atom is -0.381 e. The van der Waals surface area contributed by atoms with E-state index >= 15 is 0 Å². The molecule has 0 spiro atoms. The molecule has 1 aliphatic heterocycles. The summed E-state index contributed by atoms with van der Waals surface area (Å²) in [5, 5.41) is 3.36. The highest BCUT2D eigenvalue weighted by Crippen LogP contribution is 2.16. The summed E-state index contributed by atoms with van der Waals surface area (Å²) in [4.78, 5) is 13.6. The van der Waals surface area contributed by atoms with Crippen LogP contribution in [0.15, 0.2) is 0 Å². The van der Waals surface area contributed by atoms with E-state index in [2.05, 4.69) is 5.32 Å². The number of piperidine rings is 1. The van der Waals surface area contributed by atoms with E-state index in [1.54, 1.807) is 0 Å². The molecule has 0 aromatic heterocycles. The van der Waals surface area contributed by atoms with E-state index in [1.807, 2.05) is 18.9 Å². The molecule has 1 saturated heterocycles. The number of hydrogen-bond donors (Lipinski definition) is 1. The molecule has 0 aromatic rings. The van der Waals surface area contributed by atoms with Crippen molar-refractivity contribution in [2.24, 2.45) is 5.92 Å². The van der Waals surface area contributed by atoms with Crippen LogP contribution in [-0.2, 0) is 9.53 Å². The maximum absolute atomic E-state index is 11.7. The van der Waals surface area contributed by atoms with Crippen LogP contribution in [-0.4, -0.2) is 50.7 Å². The molecule has 0 bridgehead atoms. The van der Waals surface area contributed by atoms with Gasteiger partial charge in [-0.15, -0.1) is 0 Å². The van der Waals surface area contributed by atoms with E-state index in [-0.39, 0.29) is 5.91 Å². The predicted octanol–water partition coefficient (Wildman–Crippen LogP) is 1.26. The van der Waals surface area contributed by atoms with E-state index in [0.717, 1.165) is 32.0 Å². The molecule has 0 saturated carbocycles. The molecule has 4 heteroatoms. The van der Waals surface area contributed by atoms with Gasteiger partial charge in [0.1, 0.15) is 0 Å². The van der Waals surface area contributed by atoms with Gasteiger partial charge in [0.2, 0.25) is 5.91 Å². The van der Waals surface area contributed by atoms with Gasteiger partial charge >= 0.3 is 0 Å². The van der Waals surface area contributed by atoms with Crippen LogP contribution >= 0.6 is 0 Å². The molecule has 0 aliphatic carbocycles. The maximum Gasteiger partial charge on any atom is 0.224 e. The number of nitrogens with one attached hydrogen (secondary N) is 1. The van der Waals surface area contributed by atoms with Crippen molar-refractivity contribution in [2.75, 3.05) is 39.9 Å². The third kappa shape index (κ3) is 6.03. The monoisotopic (exact) mass is 242 g/mol. The number of carbonyl (C=O) groups is 1. The predicted molar refractivity (Wildman–Crippen MR) is 69.0 cm³/mol. The Bertz CT molecular complexity index is 215. The van der Waals surface area contributed by atoms with Crippen molar-refractivity contribution in [2.45, 2.75) is 32.6 Å². The van der Waals surface area contributed by atoms with Gasteiger partial charge in [0.25, 0.3) is 0 Å². The minimum atomic E-state index is 0.201. The molecule has 0 aromatic carbocycles. The third-order valence-corrected chi connectivity index (χ3v) is 3.42. The lowest BCUT2D eigenvalue weighted by atomic mass is 9.94. The lowest BCUT2D eigenvalue weighted by molar-refractivity contribution is -0.131. The first kappa shape index (κ1) is 14.5. The zero-order valence-corrected chi connectivity index (χ0v) is 11.2. The largest absolute Gasteiger partial charge is 0.381 e. The summed E-state index contributed by atoms with van der Waals surface area (Å²) in [5.41, 5.74) is 0. The van der Waals surface area contributed by atoms with Gasteiger partial charge in [-0.1, -0.05) is 0 Å². The normalized spacial score (nSPS) is 17.1. The Kier molecular flexibility index (Phi) is 7.21. The Labute approximate surface area is 105 Å². The second kappa shape index (κ2) is 8.48. The second-order valence-corrected chi connectivity index (χ2v) is 4.74. The smallest absolute Gasteiger partial charge is 0.224 e. The molecule has 17 heavy (non-hydrogen) atoms. The standard InChI is InChI=1S/C13H26N2O2/c1-3-17-11-7-13(16)15(2)10-6-12-4-8-14-9-5-12/h12,14H,3-11H2,1-2H3. The SMILES string of the molecule is CCOCCC(=O)N(C)CCC1CCNCC1. The van der Waals surface area contributed by atoms with E-state index < -0.39 is 0 Å². The number of amides is 1. The molecule has 1 aliphatic rings. The van der Waals surface area contributed by atoms with Gasteiger partial charge < -0.3 is 15.0 Å². The second-order valence-electron chi connectivity index (χ2n) is 4.74. The van der Waals surface area contributed by atoms with Crippen molar-refractivity contribution in [3.05, 3.63) is 0 Å². The average molecular weight is 242 g/mol. The van der Waals surface area contributed by atoms with Gasteiger partial charge in [0, 0.05) is 20.2 Å². The number of carbonyl (C=O) groups excluding carboxylic acids is 1. The topological polar surface area (TPSA) is 41.6 Å². The van der Waals surface area contributed by atoms with Crippen molar-refractivity contribution < 1.29 is 9.53 Å². The molecular weight excluding hydrogens is 216 g/mol. The molecule has 0 radical (unpaired) electrons. The van der Waals surface area contributed by atoms with Crippen molar-refractivity contribution in [1.29, 1.82) is 0 Å². The highest BCUT2D eigenvalue weighted by molar-refractivity contribution is 5.75. The van der Waals surface area contributed by atoms with E-state index in [9.17, 15) is 4.79 Å². The van der Waals surface area contributed by atoms with Gasteiger partial charge in [0.15, 0.2) is 0 Å². The number of rotatable bonds is 7. The number of ether oxygens (including phenoxy) is 1. The van der Waals surface area contributed by atoms with Gasteiger partial charge in [-0.05, 0) is 45.2 Å². The van der Waals surface area contributed by atoms with E-state index in [0.29, 0.717) is 19.6 Å². The summed E-state index contributed by atoms with van der Waals surface area (Å²) >= 11 is 0. The van der Waals surface area contributed by atoms with Gasteiger partial charge in [-0.2, -0.15) is 0 Å². The van der Waals surface area contributed by atoms with Crippen molar-refractivity contribution in [1.82, 2.24) is 10.2 Å². The Hall–Kier alpha value is -0.610. The van der Waals surface area contributed by atoms with Crippen LogP contribution in [0.5, 0.6) is 0 Å². The fourth-order valence-corrected chi connectivity index (χ4v) is 2.17. The third-order valence-electron chi connectivity index (χ3n) is 3.42. The van der Waals surface area contributed by atoms with E-state index in [1.165, 1.54) is 12.8 Å². The van der Waals surface area contributed by atoms with Crippen LogP contribution < -0.4 is 5.32 Å². The Balaban J connectivity index is 2.10. The minimum absolute atomic E-state index is 0.201. The Morgan fingerprint density at radius 3 is 2.76 bits per heavy atom. The lowest BCUT2D eigenvalue weighted by Crippen LogP contribution is -2.33. The molecular formula is C13H26N2O2. The molecule has 1 rings (SSSR count). The number of hydrogen-bond acceptors (Lipinski definition) is 3. The van der Waals surface area contributed by atoms with Crippen molar-refractivity contribution >= 4 is 5.91 Å². The summed E-state index contributed by atoms with van der Waals surface area (Å²) in [6.45, 7) is 6.33. The van der Waals surface area contributed by atoms with Gasteiger partial charge in [-0.25, -0.2) is 0 Å². The summed E-state index contributed by atoms with van der Waals surface area (Å²) in [7, 11) is 1.90. The summed E-state index contributed by atoms with van der Waals surface area (Å²) < 4.78 is 5.19. The van der Waals surface area contributed by atoms with Crippen LogP contribution in [0, 0.1) is 5.92 Å². The number of nitrogens with zero attached hydrogens (tertiary/aromatic N) is 1. The molecule has 100 valence electrons. The van der Waals surface area contributed by atoms with Crippen molar-refractivity contribution in [3.63, 3.8) is 0 Å². The Morgan fingerprint density at radius 2 is 2.12 bits per heavy atom. The first-order valence-electron chi connectivity index (χ1n) is 6.76. The van der Waals surface area contributed by atoms with Crippen LogP contribution in [0.3, 0.4) is 0 Å². The molecule has 1 heterocycles. The van der Waals surface area contributed by atoms with Crippen LogP contribution in [0.25, 0.3) is 0 Å². The van der Waals surface area contributed by atoms with Crippen LogP contribution in [0.2, 0.25) is 0 Å². The maximum atomic E-state index is 11.7.